The van der Waals surface area contributed by atoms with Crippen LogP contribution in [0.15, 0.2) is 18.2 Å². The maximum absolute atomic E-state index is 13.0. The van der Waals surface area contributed by atoms with Gasteiger partial charge in [-0.1, -0.05) is 12.2 Å². The highest BCUT2D eigenvalue weighted by molar-refractivity contribution is 5.98. The van der Waals surface area contributed by atoms with Crippen LogP contribution in [0.1, 0.15) is 15.9 Å². The number of fused-ring (bicyclic) bond motifs is 1. The Labute approximate surface area is 85.8 Å². The Kier molecular flexibility index (Phi) is 2.26. The molecule has 78 valence electrons. The van der Waals surface area contributed by atoms with Crippen molar-refractivity contribution in [1.82, 2.24) is 4.90 Å². The smallest absolute Gasteiger partial charge is 0.254 e. The third kappa shape index (κ3) is 1.63. The monoisotopic (exact) mass is 209 g/mol. The molecule has 0 fully saturated rings. The molecule has 1 amide bonds. The Hall–Kier alpha value is -1.71. The topological polar surface area (TPSA) is 20.3 Å². The van der Waals surface area contributed by atoms with E-state index in [2.05, 4.69) is 0 Å². The number of amides is 1. The van der Waals surface area contributed by atoms with Gasteiger partial charge in [-0.2, -0.15) is 0 Å². The zero-order chi connectivity index (χ0) is 11.0. The van der Waals surface area contributed by atoms with Crippen LogP contribution >= 0.6 is 0 Å². The summed E-state index contributed by atoms with van der Waals surface area (Å²) in [6, 6.07) is 1.98. The number of carbonyl (C=O) groups excluding carboxylic acids is 1. The third-order valence-corrected chi connectivity index (χ3v) is 2.35. The molecule has 1 aromatic rings. The lowest BCUT2D eigenvalue weighted by molar-refractivity contribution is 0.0811. The molecule has 0 saturated heterocycles. The van der Waals surface area contributed by atoms with Crippen LogP contribution in [0.4, 0.5) is 8.78 Å². The van der Waals surface area contributed by atoms with E-state index in [1.807, 2.05) is 0 Å². The van der Waals surface area contributed by atoms with Gasteiger partial charge in [-0.15, -0.1) is 0 Å². The van der Waals surface area contributed by atoms with Gasteiger partial charge in [0.1, 0.15) is 0 Å². The lowest BCUT2D eigenvalue weighted by Gasteiger charge is -2.13. The van der Waals surface area contributed by atoms with E-state index in [0.29, 0.717) is 12.1 Å². The highest BCUT2D eigenvalue weighted by Gasteiger charge is 2.19. The van der Waals surface area contributed by atoms with Crippen molar-refractivity contribution in [3.63, 3.8) is 0 Å². The van der Waals surface area contributed by atoms with Crippen molar-refractivity contribution in [1.29, 1.82) is 0 Å². The second-order valence-corrected chi connectivity index (χ2v) is 3.44. The molecule has 0 bridgehead atoms. The molecule has 0 unspecified atom stereocenters. The Morgan fingerprint density at radius 1 is 1.27 bits per heavy atom. The summed E-state index contributed by atoms with van der Waals surface area (Å²) in [5.74, 6) is -2.23. The minimum atomic E-state index is -0.995. The molecular formula is C11H9F2NO. The van der Waals surface area contributed by atoms with Crippen molar-refractivity contribution < 1.29 is 13.6 Å². The summed E-state index contributed by atoms with van der Waals surface area (Å²) < 4.78 is 25.9. The van der Waals surface area contributed by atoms with Crippen LogP contribution in [0.2, 0.25) is 0 Å². The summed E-state index contributed by atoms with van der Waals surface area (Å²) in [5.41, 5.74) is 0.619. The SMILES string of the molecule is CN1CC=Cc2cc(F)c(F)cc2C1=O. The second kappa shape index (κ2) is 3.46. The van der Waals surface area contributed by atoms with Gasteiger partial charge in [0.2, 0.25) is 0 Å². The number of carbonyl (C=O) groups is 1. The fourth-order valence-corrected chi connectivity index (χ4v) is 1.51. The molecule has 1 aromatic carbocycles. The molecule has 0 spiro atoms. The predicted molar refractivity (Wildman–Crippen MR) is 52.4 cm³/mol. The molecular weight excluding hydrogens is 200 g/mol. The largest absolute Gasteiger partial charge is 0.338 e. The van der Waals surface area contributed by atoms with Crippen LogP contribution in [0.3, 0.4) is 0 Å². The van der Waals surface area contributed by atoms with E-state index < -0.39 is 11.6 Å². The molecule has 1 aliphatic rings. The van der Waals surface area contributed by atoms with Gasteiger partial charge in [0, 0.05) is 19.2 Å². The molecule has 0 radical (unpaired) electrons. The number of halogens is 2. The number of likely N-dealkylation sites (N-methyl/N-ethyl adjacent to an activating group) is 1. The van der Waals surface area contributed by atoms with E-state index in [9.17, 15) is 13.6 Å². The van der Waals surface area contributed by atoms with Gasteiger partial charge in [-0.05, 0) is 17.7 Å². The first-order valence-corrected chi connectivity index (χ1v) is 4.50. The average Bonchev–Trinajstić information content (AvgIpc) is 2.32. The van der Waals surface area contributed by atoms with Gasteiger partial charge >= 0.3 is 0 Å². The molecule has 2 nitrogen and oxygen atoms in total. The summed E-state index contributed by atoms with van der Waals surface area (Å²) in [7, 11) is 1.61. The van der Waals surface area contributed by atoms with Gasteiger partial charge < -0.3 is 4.90 Å². The normalized spacial score (nSPS) is 15.1. The Morgan fingerprint density at radius 3 is 2.67 bits per heavy atom. The van der Waals surface area contributed by atoms with E-state index in [0.717, 1.165) is 12.1 Å². The Morgan fingerprint density at radius 2 is 1.93 bits per heavy atom. The fraction of sp³-hybridized carbons (Fsp3) is 0.182. The number of rotatable bonds is 0. The Balaban J connectivity index is 2.62. The van der Waals surface area contributed by atoms with Gasteiger partial charge in [0.25, 0.3) is 5.91 Å². The van der Waals surface area contributed by atoms with Crippen LogP contribution in [0.5, 0.6) is 0 Å². The molecule has 0 aliphatic carbocycles. The van der Waals surface area contributed by atoms with Gasteiger partial charge in [0.15, 0.2) is 11.6 Å². The molecule has 4 heteroatoms. The van der Waals surface area contributed by atoms with E-state index in [4.69, 9.17) is 0 Å². The lowest BCUT2D eigenvalue weighted by atomic mass is 10.1. The average molecular weight is 209 g/mol. The van der Waals surface area contributed by atoms with E-state index in [1.54, 1.807) is 19.2 Å². The number of benzene rings is 1. The van der Waals surface area contributed by atoms with Crippen LogP contribution in [-0.4, -0.2) is 24.4 Å². The first kappa shape index (κ1) is 9.83. The fourth-order valence-electron chi connectivity index (χ4n) is 1.51. The lowest BCUT2D eigenvalue weighted by Crippen LogP contribution is -2.26. The highest BCUT2D eigenvalue weighted by atomic mass is 19.2. The van der Waals surface area contributed by atoms with Crippen LogP contribution in [-0.2, 0) is 0 Å². The third-order valence-electron chi connectivity index (χ3n) is 2.35. The second-order valence-electron chi connectivity index (χ2n) is 3.44. The van der Waals surface area contributed by atoms with Gasteiger partial charge in [0.05, 0.1) is 0 Å². The molecule has 15 heavy (non-hydrogen) atoms. The number of hydrogen-bond donors (Lipinski definition) is 0. The van der Waals surface area contributed by atoms with Gasteiger partial charge in [-0.25, -0.2) is 8.78 Å². The molecule has 0 N–H and O–H groups in total. The predicted octanol–water partition coefficient (Wildman–Crippen LogP) is 2.06. The molecule has 0 aromatic heterocycles. The zero-order valence-electron chi connectivity index (χ0n) is 8.13. The standard InChI is InChI=1S/C11H9F2NO/c1-14-4-2-3-7-5-9(12)10(13)6-8(7)11(14)15/h2-3,5-6H,4H2,1H3. The maximum atomic E-state index is 13.0. The van der Waals surface area contributed by atoms with Crippen molar-refractivity contribution >= 4 is 12.0 Å². The zero-order valence-corrected chi connectivity index (χ0v) is 8.13. The van der Waals surface area contributed by atoms with E-state index in [-0.39, 0.29) is 11.5 Å². The molecule has 0 saturated carbocycles. The van der Waals surface area contributed by atoms with Gasteiger partial charge in [-0.3, -0.25) is 4.79 Å². The molecule has 1 aliphatic heterocycles. The van der Waals surface area contributed by atoms with Crippen molar-refractivity contribution in [2.75, 3.05) is 13.6 Å². The van der Waals surface area contributed by atoms with Crippen molar-refractivity contribution in [3.05, 3.63) is 41.0 Å². The molecule has 2 rings (SSSR count). The maximum Gasteiger partial charge on any atom is 0.254 e. The Bertz CT molecular complexity index is 454. The highest BCUT2D eigenvalue weighted by Crippen LogP contribution is 2.20. The summed E-state index contributed by atoms with van der Waals surface area (Å²) in [4.78, 5) is 13.1. The number of nitrogens with zero attached hydrogens (tertiary/aromatic N) is 1. The van der Waals surface area contributed by atoms with Crippen LogP contribution in [0.25, 0.3) is 6.08 Å². The minimum Gasteiger partial charge on any atom is -0.338 e. The minimum absolute atomic E-state index is 0.199. The summed E-state index contributed by atoms with van der Waals surface area (Å²) >= 11 is 0. The van der Waals surface area contributed by atoms with Crippen LogP contribution < -0.4 is 0 Å². The van der Waals surface area contributed by atoms with Crippen molar-refractivity contribution in [2.45, 2.75) is 0 Å². The van der Waals surface area contributed by atoms with Crippen molar-refractivity contribution in [2.24, 2.45) is 0 Å². The first-order chi connectivity index (χ1) is 7.09. The molecule has 1 heterocycles. The number of hydrogen-bond acceptors (Lipinski definition) is 1. The van der Waals surface area contributed by atoms with Crippen molar-refractivity contribution in [3.8, 4) is 0 Å². The van der Waals surface area contributed by atoms with E-state index >= 15 is 0 Å². The summed E-state index contributed by atoms with van der Waals surface area (Å²) in [6.45, 7) is 0.441. The van der Waals surface area contributed by atoms with Crippen LogP contribution in [0, 0.1) is 11.6 Å². The first-order valence-electron chi connectivity index (χ1n) is 4.50. The summed E-state index contributed by atoms with van der Waals surface area (Å²) in [6.07, 6.45) is 3.36. The van der Waals surface area contributed by atoms with E-state index in [1.165, 1.54) is 4.90 Å². The summed E-state index contributed by atoms with van der Waals surface area (Å²) in [5, 5.41) is 0. The molecule has 0 atom stereocenters. The quantitative estimate of drug-likeness (QED) is 0.640.